The molecule has 4 heteroatoms. The molecule has 2 aromatic rings. The number of aromatic carboxylic acids is 1. The highest BCUT2D eigenvalue weighted by molar-refractivity contribution is 9.10. The maximum Gasteiger partial charge on any atom is 0.335 e. The minimum Gasteiger partial charge on any atom is -0.478 e. The van der Waals surface area contributed by atoms with Gasteiger partial charge in [0.2, 0.25) is 0 Å². The smallest absolute Gasteiger partial charge is 0.335 e. The minimum atomic E-state index is -0.882. The lowest BCUT2D eigenvalue weighted by Crippen LogP contribution is -2.18. The third-order valence-electron chi connectivity index (χ3n) is 3.40. The van der Waals surface area contributed by atoms with Crippen LogP contribution in [-0.2, 0) is 13.1 Å². The molecule has 0 aliphatic heterocycles. The molecule has 0 aliphatic carbocycles. The molecule has 3 nitrogen and oxygen atoms in total. The summed E-state index contributed by atoms with van der Waals surface area (Å²) in [5.74, 6) is -0.882. The van der Waals surface area contributed by atoms with Gasteiger partial charge in [0.1, 0.15) is 0 Å². The topological polar surface area (TPSA) is 40.5 Å². The fraction of sp³-hybridized carbons (Fsp3) is 0.235. The van der Waals surface area contributed by atoms with E-state index in [4.69, 9.17) is 5.11 Å². The maximum atomic E-state index is 10.9. The first kappa shape index (κ1) is 15.7. The van der Waals surface area contributed by atoms with Gasteiger partial charge in [0.05, 0.1) is 5.56 Å². The Labute approximate surface area is 133 Å². The molecule has 2 rings (SSSR count). The highest BCUT2D eigenvalue weighted by atomic mass is 79.9. The molecular formula is C17H18BrNO2. The average Bonchev–Trinajstić information content (AvgIpc) is 2.43. The third kappa shape index (κ3) is 4.41. The zero-order valence-corrected chi connectivity index (χ0v) is 13.7. The van der Waals surface area contributed by atoms with Crippen LogP contribution in [0.1, 0.15) is 27.0 Å². The summed E-state index contributed by atoms with van der Waals surface area (Å²) in [5.41, 5.74) is 3.75. The van der Waals surface area contributed by atoms with Crippen LogP contribution in [0.25, 0.3) is 0 Å². The SMILES string of the molecule is Cc1cc(C(=O)O)ccc1CN(C)Cc1ccc(Br)cc1. The van der Waals surface area contributed by atoms with Gasteiger partial charge in [0, 0.05) is 17.6 Å². The van der Waals surface area contributed by atoms with Crippen LogP contribution in [0.4, 0.5) is 0 Å². The number of carbonyl (C=O) groups is 1. The Morgan fingerprint density at radius 1 is 1.14 bits per heavy atom. The minimum absolute atomic E-state index is 0.340. The van der Waals surface area contributed by atoms with Crippen LogP contribution in [0.5, 0.6) is 0 Å². The van der Waals surface area contributed by atoms with Gasteiger partial charge >= 0.3 is 5.97 Å². The van der Waals surface area contributed by atoms with Gasteiger partial charge in [-0.05, 0) is 54.9 Å². The first-order valence-corrected chi connectivity index (χ1v) is 7.51. The van der Waals surface area contributed by atoms with Gasteiger partial charge in [0.15, 0.2) is 0 Å². The normalized spacial score (nSPS) is 10.9. The van der Waals surface area contributed by atoms with E-state index in [1.807, 2.05) is 25.1 Å². The zero-order chi connectivity index (χ0) is 15.4. The Bertz CT molecular complexity index is 638. The summed E-state index contributed by atoms with van der Waals surface area (Å²) in [4.78, 5) is 13.2. The molecule has 0 radical (unpaired) electrons. The molecule has 0 saturated carbocycles. The summed E-state index contributed by atoms with van der Waals surface area (Å²) in [6.07, 6.45) is 0. The lowest BCUT2D eigenvalue weighted by atomic mass is 10.0. The molecule has 0 amide bonds. The number of rotatable bonds is 5. The molecule has 1 N–H and O–H groups in total. The van der Waals surface area contributed by atoms with Crippen LogP contribution < -0.4 is 0 Å². The van der Waals surface area contributed by atoms with Gasteiger partial charge < -0.3 is 5.11 Å². The van der Waals surface area contributed by atoms with Crippen molar-refractivity contribution >= 4 is 21.9 Å². The van der Waals surface area contributed by atoms with Crippen molar-refractivity contribution in [3.05, 3.63) is 69.2 Å². The average molecular weight is 348 g/mol. The van der Waals surface area contributed by atoms with Crippen LogP contribution >= 0.6 is 15.9 Å². The Morgan fingerprint density at radius 2 is 1.81 bits per heavy atom. The van der Waals surface area contributed by atoms with Crippen LogP contribution in [-0.4, -0.2) is 23.0 Å². The van der Waals surface area contributed by atoms with Crippen molar-refractivity contribution in [1.29, 1.82) is 0 Å². The second-order valence-corrected chi connectivity index (χ2v) is 6.16. The number of carboxylic acids is 1. The number of hydrogen-bond acceptors (Lipinski definition) is 2. The third-order valence-corrected chi connectivity index (χ3v) is 3.92. The van der Waals surface area contributed by atoms with Gasteiger partial charge in [-0.2, -0.15) is 0 Å². The van der Waals surface area contributed by atoms with E-state index < -0.39 is 5.97 Å². The largest absolute Gasteiger partial charge is 0.478 e. The fourth-order valence-electron chi connectivity index (χ4n) is 2.25. The van der Waals surface area contributed by atoms with Gasteiger partial charge in [-0.15, -0.1) is 0 Å². The summed E-state index contributed by atoms with van der Waals surface area (Å²) < 4.78 is 1.08. The summed E-state index contributed by atoms with van der Waals surface area (Å²) in [5, 5.41) is 8.99. The standard InChI is InChI=1S/C17H18BrNO2/c1-12-9-14(17(20)21)5-6-15(12)11-19(2)10-13-3-7-16(18)8-4-13/h3-9H,10-11H2,1-2H3,(H,20,21). The van der Waals surface area contributed by atoms with E-state index in [2.05, 4.69) is 40.0 Å². The number of carboxylic acid groups (broad SMARTS) is 1. The molecule has 2 aromatic carbocycles. The molecule has 0 atom stereocenters. The molecule has 0 fully saturated rings. The molecule has 0 aliphatic rings. The lowest BCUT2D eigenvalue weighted by Gasteiger charge is -2.18. The summed E-state index contributed by atoms with van der Waals surface area (Å²) in [6, 6.07) is 13.6. The highest BCUT2D eigenvalue weighted by Crippen LogP contribution is 2.16. The molecule has 0 heterocycles. The second-order valence-electron chi connectivity index (χ2n) is 5.25. The van der Waals surface area contributed by atoms with Crippen LogP contribution in [0.15, 0.2) is 46.9 Å². The highest BCUT2D eigenvalue weighted by Gasteiger charge is 2.08. The Hall–Kier alpha value is -1.65. The zero-order valence-electron chi connectivity index (χ0n) is 12.1. The first-order chi connectivity index (χ1) is 9.95. The predicted molar refractivity (Wildman–Crippen MR) is 87.5 cm³/mol. The van der Waals surface area contributed by atoms with Gasteiger partial charge in [-0.1, -0.05) is 34.1 Å². The fourth-order valence-corrected chi connectivity index (χ4v) is 2.52. The van der Waals surface area contributed by atoms with Crippen molar-refractivity contribution in [3.63, 3.8) is 0 Å². The Balaban J connectivity index is 2.04. The molecule has 0 saturated heterocycles. The number of nitrogens with zero attached hydrogens (tertiary/aromatic N) is 1. The van der Waals surface area contributed by atoms with Crippen molar-refractivity contribution in [2.45, 2.75) is 20.0 Å². The monoisotopic (exact) mass is 347 g/mol. The summed E-state index contributed by atoms with van der Waals surface area (Å²) in [6.45, 7) is 3.60. The van der Waals surface area contributed by atoms with E-state index in [-0.39, 0.29) is 0 Å². The number of benzene rings is 2. The molecule has 0 unspecified atom stereocenters. The number of halogens is 1. The van der Waals surface area contributed by atoms with E-state index in [0.29, 0.717) is 5.56 Å². The summed E-state index contributed by atoms with van der Waals surface area (Å²) in [7, 11) is 2.06. The predicted octanol–water partition coefficient (Wildman–Crippen LogP) is 4.09. The second kappa shape index (κ2) is 6.87. The van der Waals surface area contributed by atoms with Crippen molar-refractivity contribution in [2.75, 3.05) is 7.05 Å². The molecule has 0 bridgehead atoms. The van der Waals surface area contributed by atoms with Gasteiger partial charge in [0.25, 0.3) is 0 Å². The molecule has 0 spiro atoms. The van der Waals surface area contributed by atoms with E-state index >= 15 is 0 Å². The van der Waals surface area contributed by atoms with Gasteiger partial charge in [-0.25, -0.2) is 4.79 Å². The molecular weight excluding hydrogens is 330 g/mol. The molecule has 110 valence electrons. The number of aryl methyl sites for hydroxylation is 1. The van der Waals surface area contributed by atoms with E-state index in [1.165, 1.54) is 5.56 Å². The van der Waals surface area contributed by atoms with E-state index in [1.54, 1.807) is 12.1 Å². The maximum absolute atomic E-state index is 10.9. The van der Waals surface area contributed by atoms with E-state index in [9.17, 15) is 4.79 Å². The van der Waals surface area contributed by atoms with E-state index in [0.717, 1.165) is 28.7 Å². The first-order valence-electron chi connectivity index (χ1n) is 6.71. The Morgan fingerprint density at radius 3 is 2.38 bits per heavy atom. The Kier molecular flexibility index (Phi) is 5.15. The molecule has 0 aromatic heterocycles. The van der Waals surface area contributed by atoms with Crippen molar-refractivity contribution < 1.29 is 9.90 Å². The van der Waals surface area contributed by atoms with Crippen LogP contribution in [0, 0.1) is 6.92 Å². The van der Waals surface area contributed by atoms with Crippen molar-refractivity contribution in [2.24, 2.45) is 0 Å². The van der Waals surface area contributed by atoms with Crippen LogP contribution in [0.2, 0.25) is 0 Å². The van der Waals surface area contributed by atoms with Gasteiger partial charge in [-0.3, -0.25) is 4.90 Å². The lowest BCUT2D eigenvalue weighted by molar-refractivity contribution is 0.0696. The quantitative estimate of drug-likeness (QED) is 0.885. The van der Waals surface area contributed by atoms with Crippen molar-refractivity contribution in [3.8, 4) is 0 Å². The molecule has 21 heavy (non-hydrogen) atoms. The van der Waals surface area contributed by atoms with Crippen LogP contribution in [0.3, 0.4) is 0 Å². The number of hydrogen-bond donors (Lipinski definition) is 1. The van der Waals surface area contributed by atoms with Crippen molar-refractivity contribution in [1.82, 2.24) is 4.90 Å². The summed E-state index contributed by atoms with van der Waals surface area (Å²) >= 11 is 3.43.